The molecule has 0 fully saturated rings. The van der Waals surface area contributed by atoms with Crippen LogP contribution >= 0.6 is 0 Å². The van der Waals surface area contributed by atoms with Gasteiger partial charge in [0.2, 0.25) is 5.96 Å². The van der Waals surface area contributed by atoms with Crippen molar-refractivity contribution in [3.8, 4) is 11.1 Å². The third-order valence-corrected chi connectivity index (χ3v) is 2.93. The molecule has 0 saturated carbocycles. The van der Waals surface area contributed by atoms with Gasteiger partial charge in [0.25, 0.3) is 0 Å². The van der Waals surface area contributed by atoms with Gasteiger partial charge in [-0.2, -0.15) is 5.10 Å². The van der Waals surface area contributed by atoms with Crippen LogP contribution in [-0.4, -0.2) is 25.3 Å². The van der Waals surface area contributed by atoms with Crippen molar-refractivity contribution in [2.45, 2.75) is 0 Å². The second-order valence-electron chi connectivity index (χ2n) is 4.43. The molecule has 2 rings (SSSR count). The number of methoxy groups -OCH3 is 1. The van der Waals surface area contributed by atoms with Gasteiger partial charge in [-0.3, -0.25) is 0 Å². The van der Waals surface area contributed by atoms with Gasteiger partial charge < -0.3 is 16.2 Å². The average molecular weight is 296 g/mol. The summed E-state index contributed by atoms with van der Waals surface area (Å²) in [6.07, 6.45) is 1.56. The number of carbonyl (C=O) groups is 1. The predicted octanol–water partition coefficient (Wildman–Crippen LogP) is 1.75. The van der Waals surface area contributed by atoms with Gasteiger partial charge in [-0.15, -0.1) is 5.10 Å². The van der Waals surface area contributed by atoms with E-state index in [2.05, 4.69) is 10.2 Å². The van der Waals surface area contributed by atoms with Crippen LogP contribution in [0.4, 0.5) is 0 Å². The third-order valence-electron chi connectivity index (χ3n) is 2.93. The van der Waals surface area contributed by atoms with Gasteiger partial charge in [-0.05, 0) is 23.3 Å². The predicted molar refractivity (Wildman–Crippen MR) is 86.6 cm³/mol. The monoisotopic (exact) mass is 296 g/mol. The van der Waals surface area contributed by atoms with E-state index in [0.717, 1.165) is 16.7 Å². The van der Waals surface area contributed by atoms with Gasteiger partial charge in [0.1, 0.15) is 0 Å². The molecule has 22 heavy (non-hydrogen) atoms. The Kier molecular flexibility index (Phi) is 4.87. The SMILES string of the molecule is COC(=O)c1cccc(-c2ccccc2C=NN=C(N)N)c1. The first-order valence-electron chi connectivity index (χ1n) is 6.51. The van der Waals surface area contributed by atoms with Crippen LogP contribution < -0.4 is 11.5 Å². The molecule has 0 aliphatic rings. The molecule has 0 atom stereocenters. The quantitative estimate of drug-likeness (QED) is 0.388. The molecule has 0 amide bonds. The summed E-state index contributed by atoms with van der Waals surface area (Å²) in [7, 11) is 1.35. The van der Waals surface area contributed by atoms with E-state index in [1.165, 1.54) is 7.11 Å². The van der Waals surface area contributed by atoms with Gasteiger partial charge in [-0.25, -0.2) is 4.79 Å². The van der Waals surface area contributed by atoms with Gasteiger partial charge in [-0.1, -0.05) is 36.4 Å². The Bertz CT molecular complexity index is 734. The number of benzene rings is 2. The number of ether oxygens (including phenoxy) is 1. The van der Waals surface area contributed by atoms with E-state index < -0.39 is 0 Å². The number of rotatable bonds is 4. The van der Waals surface area contributed by atoms with Crippen LogP contribution in [0.15, 0.2) is 58.7 Å². The maximum atomic E-state index is 11.6. The number of carbonyl (C=O) groups excluding carboxylic acids is 1. The number of guanidine groups is 1. The lowest BCUT2D eigenvalue weighted by Gasteiger charge is -2.07. The van der Waals surface area contributed by atoms with Gasteiger partial charge in [0, 0.05) is 5.56 Å². The fraction of sp³-hybridized carbons (Fsp3) is 0.0625. The van der Waals surface area contributed by atoms with E-state index in [0.29, 0.717) is 5.56 Å². The standard InChI is InChI=1S/C16H16N4O2/c1-22-15(21)12-7-4-6-11(9-12)14-8-3-2-5-13(14)10-19-20-16(17)18/h2-10H,1H3,(H4,17,18,20). The Morgan fingerprint density at radius 3 is 2.64 bits per heavy atom. The second kappa shape index (κ2) is 7.03. The van der Waals surface area contributed by atoms with Crippen LogP contribution in [0.5, 0.6) is 0 Å². The van der Waals surface area contributed by atoms with Crippen molar-refractivity contribution in [1.29, 1.82) is 0 Å². The van der Waals surface area contributed by atoms with E-state index in [4.69, 9.17) is 16.2 Å². The molecule has 2 aromatic rings. The van der Waals surface area contributed by atoms with Crippen molar-refractivity contribution in [3.63, 3.8) is 0 Å². The van der Waals surface area contributed by atoms with E-state index in [1.54, 1.807) is 24.4 Å². The molecule has 0 aliphatic carbocycles. The van der Waals surface area contributed by atoms with E-state index in [-0.39, 0.29) is 11.9 Å². The molecular weight excluding hydrogens is 280 g/mol. The molecule has 0 radical (unpaired) electrons. The topological polar surface area (TPSA) is 103 Å². The zero-order valence-corrected chi connectivity index (χ0v) is 12.1. The summed E-state index contributed by atoms with van der Waals surface area (Å²) in [5, 5.41) is 7.40. The molecule has 6 heteroatoms. The van der Waals surface area contributed by atoms with E-state index in [1.807, 2.05) is 30.3 Å². The highest BCUT2D eigenvalue weighted by molar-refractivity contribution is 5.94. The minimum absolute atomic E-state index is 0.110. The van der Waals surface area contributed by atoms with Crippen LogP contribution in [0, 0.1) is 0 Å². The molecule has 0 unspecified atom stereocenters. The third kappa shape index (κ3) is 3.69. The Hall–Kier alpha value is -3.15. The number of hydrogen-bond donors (Lipinski definition) is 2. The average Bonchev–Trinajstić information content (AvgIpc) is 2.54. The highest BCUT2D eigenvalue weighted by Crippen LogP contribution is 2.24. The summed E-state index contributed by atoms with van der Waals surface area (Å²) in [4.78, 5) is 11.6. The molecule has 4 N–H and O–H groups in total. The lowest BCUT2D eigenvalue weighted by molar-refractivity contribution is 0.0601. The van der Waals surface area contributed by atoms with Gasteiger partial charge >= 0.3 is 5.97 Å². The summed E-state index contributed by atoms with van der Waals surface area (Å²) in [5.74, 6) is -0.491. The Morgan fingerprint density at radius 2 is 1.91 bits per heavy atom. The maximum Gasteiger partial charge on any atom is 0.337 e. The Morgan fingerprint density at radius 1 is 1.14 bits per heavy atom. The number of hydrogen-bond acceptors (Lipinski definition) is 4. The number of nitrogens with two attached hydrogens (primary N) is 2. The lowest BCUT2D eigenvalue weighted by Crippen LogP contribution is -2.21. The largest absolute Gasteiger partial charge is 0.465 e. The Labute approximate surface area is 128 Å². The molecule has 0 spiro atoms. The molecule has 0 aliphatic heterocycles. The summed E-state index contributed by atoms with van der Waals surface area (Å²) in [6, 6.07) is 14.7. The molecule has 0 heterocycles. The highest BCUT2D eigenvalue weighted by Gasteiger charge is 2.08. The summed E-state index contributed by atoms with van der Waals surface area (Å²) in [6.45, 7) is 0. The summed E-state index contributed by atoms with van der Waals surface area (Å²) >= 11 is 0. The van der Waals surface area contributed by atoms with Crippen LogP contribution in [0.1, 0.15) is 15.9 Å². The van der Waals surface area contributed by atoms with Crippen molar-refractivity contribution >= 4 is 18.1 Å². The van der Waals surface area contributed by atoms with Crippen molar-refractivity contribution in [2.24, 2.45) is 21.7 Å². The Balaban J connectivity index is 2.43. The summed E-state index contributed by atoms with van der Waals surface area (Å²) in [5.41, 5.74) is 13.6. The maximum absolute atomic E-state index is 11.6. The lowest BCUT2D eigenvalue weighted by atomic mass is 9.98. The molecule has 2 aromatic carbocycles. The fourth-order valence-corrected chi connectivity index (χ4v) is 1.96. The highest BCUT2D eigenvalue weighted by atomic mass is 16.5. The van der Waals surface area contributed by atoms with Gasteiger partial charge in [0.05, 0.1) is 18.9 Å². The first kappa shape index (κ1) is 15.2. The molecular formula is C16H16N4O2. The zero-order chi connectivity index (χ0) is 15.9. The van der Waals surface area contributed by atoms with Crippen molar-refractivity contribution < 1.29 is 9.53 Å². The van der Waals surface area contributed by atoms with E-state index in [9.17, 15) is 4.79 Å². The fourth-order valence-electron chi connectivity index (χ4n) is 1.96. The van der Waals surface area contributed by atoms with Crippen molar-refractivity contribution in [2.75, 3.05) is 7.11 Å². The van der Waals surface area contributed by atoms with Crippen LogP contribution in [0.3, 0.4) is 0 Å². The molecule has 112 valence electrons. The molecule has 0 saturated heterocycles. The zero-order valence-electron chi connectivity index (χ0n) is 12.1. The summed E-state index contributed by atoms with van der Waals surface area (Å²) < 4.78 is 4.74. The minimum atomic E-state index is -0.381. The van der Waals surface area contributed by atoms with Crippen LogP contribution in [0.25, 0.3) is 11.1 Å². The van der Waals surface area contributed by atoms with Crippen LogP contribution in [0.2, 0.25) is 0 Å². The van der Waals surface area contributed by atoms with Crippen molar-refractivity contribution in [3.05, 3.63) is 59.7 Å². The van der Waals surface area contributed by atoms with Crippen LogP contribution in [-0.2, 0) is 4.74 Å². The van der Waals surface area contributed by atoms with Crippen molar-refractivity contribution in [1.82, 2.24) is 0 Å². The molecule has 0 bridgehead atoms. The number of esters is 1. The smallest absolute Gasteiger partial charge is 0.337 e. The second-order valence-corrected chi connectivity index (χ2v) is 4.43. The minimum Gasteiger partial charge on any atom is -0.465 e. The first-order chi connectivity index (χ1) is 10.6. The molecule has 0 aromatic heterocycles. The van der Waals surface area contributed by atoms with Gasteiger partial charge in [0.15, 0.2) is 0 Å². The van der Waals surface area contributed by atoms with E-state index >= 15 is 0 Å². The normalized spacial score (nSPS) is 10.4. The first-order valence-corrected chi connectivity index (χ1v) is 6.51. The number of nitrogens with zero attached hydrogens (tertiary/aromatic N) is 2. The molecule has 6 nitrogen and oxygen atoms in total.